The number of ether oxygens (including phenoxy) is 1. The number of nitrogens with zero attached hydrogens (tertiary/aromatic N) is 2. The van der Waals surface area contributed by atoms with Gasteiger partial charge < -0.3 is 14.6 Å². The second kappa shape index (κ2) is 8.83. The summed E-state index contributed by atoms with van der Waals surface area (Å²) in [5.74, 6) is 0.389. The summed E-state index contributed by atoms with van der Waals surface area (Å²) in [5.41, 5.74) is 0.588. The first-order chi connectivity index (χ1) is 12.7. The third kappa shape index (κ3) is 5.41. The van der Waals surface area contributed by atoms with Crippen molar-refractivity contribution in [2.24, 2.45) is 0 Å². The molecule has 0 spiro atoms. The van der Waals surface area contributed by atoms with Crippen molar-refractivity contribution in [2.75, 3.05) is 27.7 Å². The summed E-state index contributed by atoms with van der Waals surface area (Å²) in [5, 5.41) is 2.73. The molecule has 2 aromatic rings. The molecule has 1 aromatic heterocycles. The highest BCUT2D eigenvalue weighted by molar-refractivity contribution is 7.89. The van der Waals surface area contributed by atoms with Crippen molar-refractivity contribution < 1.29 is 17.9 Å². The lowest BCUT2D eigenvalue weighted by molar-refractivity contribution is -0.121. The van der Waals surface area contributed by atoms with Gasteiger partial charge in [0.2, 0.25) is 15.9 Å². The van der Waals surface area contributed by atoms with Crippen LogP contribution in [0.5, 0.6) is 5.75 Å². The third-order valence-electron chi connectivity index (χ3n) is 3.94. The molecule has 8 nitrogen and oxygen atoms in total. The van der Waals surface area contributed by atoms with Crippen molar-refractivity contribution >= 4 is 15.9 Å². The fourth-order valence-electron chi connectivity index (χ4n) is 2.35. The number of pyridine rings is 1. The molecule has 0 saturated heterocycles. The molecule has 0 aliphatic carbocycles. The van der Waals surface area contributed by atoms with E-state index in [1.807, 2.05) is 24.3 Å². The molecule has 1 aromatic carbocycles. The van der Waals surface area contributed by atoms with Gasteiger partial charge in [0.1, 0.15) is 12.3 Å². The van der Waals surface area contributed by atoms with Crippen LogP contribution in [-0.2, 0) is 27.8 Å². The Balaban J connectivity index is 1.97. The van der Waals surface area contributed by atoms with Crippen molar-refractivity contribution in [3.63, 3.8) is 0 Å². The van der Waals surface area contributed by atoms with Crippen LogP contribution in [0.3, 0.4) is 0 Å². The standard InChI is InChI=1S/C18H23N3O5S/c1-20(2)27(24,25)16-8-9-18(23)21(12-16)13-17(22)19-11-10-14-4-6-15(26-3)7-5-14/h4-9,12H,10-11,13H2,1-3H3,(H,19,22). The van der Waals surface area contributed by atoms with E-state index in [-0.39, 0.29) is 17.3 Å². The van der Waals surface area contributed by atoms with Crippen LogP contribution in [0.4, 0.5) is 0 Å². The first kappa shape index (κ1) is 20.7. The van der Waals surface area contributed by atoms with E-state index in [4.69, 9.17) is 4.74 Å². The minimum absolute atomic E-state index is 0.0434. The monoisotopic (exact) mass is 393 g/mol. The lowest BCUT2D eigenvalue weighted by Gasteiger charge is -2.13. The second-order valence-corrected chi connectivity index (χ2v) is 8.22. The number of aromatic nitrogens is 1. The number of carbonyl (C=O) groups is 1. The average Bonchev–Trinajstić information content (AvgIpc) is 2.63. The Labute approximate surface area is 158 Å². The smallest absolute Gasteiger partial charge is 0.251 e. The molecule has 0 bridgehead atoms. The Morgan fingerprint density at radius 3 is 2.41 bits per heavy atom. The van der Waals surface area contributed by atoms with Crippen LogP contribution < -0.4 is 15.6 Å². The first-order valence-corrected chi connectivity index (χ1v) is 9.70. The number of methoxy groups -OCH3 is 1. The lowest BCUT2D eigenvalue weighted by Crippen LogP contribution is -2.33. The van der Waals surface area contributed by atoms with Gasteiger partial charge in [-0.15, -0.1) is 0 Å². The number of benzene rings is 1. The van der Waals surface area contributed by atoms with Crippen molar-refractivity contribution in [1.29, 1.82) is 0 Å². The SMILES string of the molecule is COc1ccc(CCNC(=O)Cn2cc(S(=O)(=O)N(C)C)ccc2=O)cc1. The highest BCUT2D eigenvalue weighted by Gasteiger charge is 2.18. The van der Waals surface area contributed by atoms with Gasteiger partial charge in [0.25, 0.3) is 5.56 Å². The molecule has 0 fully saturated rings. The van der Waals surface area contributed by atoms with E-state index in [2.05, 4.69) is 5.32 Å². The molecule has 9 heteroatoms. The molecular formula is C18H23N3O5S. The van der Waals surface area contributed by atoms with Crippen LogP contribution >= 0.6 is 0 Å². The van der Waals surface area contributed by atoms with E-state index in [0.29, 0.717) is 13.0 Å². The largest absolute Gasteiger partial charge is 0.497 e. The maximum absolute atomic E-state index is 12.2. The van der Waals surface area contributed by atoms with Crippen molar-refractivity contribution in [1.82, 2.24) is 14.2 Å². The quantitative estimate of drug-likeness (QED) is 0.703. The van der Waals surface area contributed by atoms with Gasteiger partial charge >= 0.3 is 0 Å². The summed E-state index contributed by atoms with van der Waals surface area (Å²) in [7, 11) is 0.713. The molecular weight excluding hydrogens is 370 g/mol. The van der Waals surface area contributed by atoms with E-state index in [9.17, 15) is 18.0 Å². The summed E-state index contributed by atoms with van der Waals surface area (Å²) < 4.78 is 31.5. The average molecular weight is 393 g/mol. The van der Waals surface area contributed by atoms with Gasteiger partial charge in [0.15, 0.2) is 0 Å². The number of amides is 1. The van der Waals surface area contributed by atoms with E-state index in [1.54, 1.807) is 7.11 Å². The second-order valence-electron chi connectivity index (χ2n) is 6.07. The van der Waals surface area contributed by atoms with Crippen LogP contribution in [0.15, 0.2) is 52.3 Å². The normalized spacial score (nSPS) is 11.4. The Kier molecular flexibility index (Phi) is 6.75. The zero-order valence-corrected chi connectivity index (χ0v) is 16.3. The topological polar surface area (TPSA) is 97.7 Å². The molecule has 0 atom stereocenters. The first-order valence-electron chi connectivity index (χ1n) is 8.26. The third-order valence-corrected chi connectivity index (χ3v) is 5.74. The van der Waals surface area contributed by atoms with Crippen molar-refractivity contribution in [3.05, 3.63) is 58.5 Å². The molecule has 0 radical (unpaired) electrons. The van der Waals surface area contributed by atoms with Crippen LogP contribution in [0.2, 0.25) is 0 Å². The lowest BCUT2D eigenvalue weighted by atomic mass is 10.1. The zero-order valence-electron chi connectivity index (χ0n) is 15.5. The minimum Gasteiger partial charge on any atom is -0.497 e. The summed E-state index contributed by atoms with van der Waals surface area (Å²) in [6, 6.07) is 9.87. The van der Waals surface area contributed by atoms with Gasteiger partial charge in [-0.1, -0.05) is 12.1 Å². The highest BCUT2D eigenvalue weighted by Crippen LogP contribution is 2.12. The molecule has 2 rings (SSSR count). The molecule has 0 unspecified atom stereocenters. The predicted molar refractivity (Wildman–Crippen MR) is 101 cm³/mol. The molecule has 27 heavy (non-hydrogen) atoms. The maximum atomic E-state index is 12.2. The molecule has 146 valence electrons. The Morgan fingerprint density at radius 2 is 1.81 bits per heavy atom. The van der Waals surface area contributed by atoms with Crippen LogP contribution in [0.1, 0.15) is 5.56 Å². The fourth-order valence-corrected chi connectivity index (χ4v) is 3.27. The number of sulfonamides is 1. The highest BCUT2D eigenvalue weighted by atomic mass is 32.2. The summed E-state index contributed by atoms with van der Waals surface area (Å²) in [6.45, 7) is 0.147. The number of hydrogen-bond acceptors (Lipinski definition) is 5. The van der Waals surface area contributed by atoms with Gasteiger partial charge in [-0.3, -0.25) is 9.59 Å². The van der Waals surface area contributed by atoms with E-state index >= 15 is 0 Å². The van der Waals surface area contributed by atoms with Crippen LogP contribution in [0.25, 0.3) is 0 Å². The summed E-state index contributed by atoms with van der Waals surface area (Å²) in [4.78, 5) is 24.0. The Morgan fingerprint density at radius 1 is 1.15 bits per heavy atom. The van der Waals surface area contributed by atoms with Gasteiger partial charge in [0.05, 0.1) is 12.0 Å². The Bertz CT molecular complexity index is 950. The molecule has 1 amide bonds. The fraction of sp³-hybridized carbons (Fsp3) is 0.333. The van der Waals surface area contributed by atoms with Gasteiger partial charge in [-0.25, -0.2) is 12.7 Å². The molecule has 0 aliphatic heterocycles. The summed E-state index contributed by atoms with van der Waals surface area (Å²) in [6.07, 6.45) is 1.81. The number of carbonyl (C=O) groups excluding carboxylic acids is 1. The van der Waals surface area contributed by atoms with Gasteiger partial charge in [-0.2, -0.15) is 0 Å². The van der Waals surface area contributed by atoms with E-state index in [1.165, 1.54) is 26.4 Å². The van der Waals surface area contributed by atoms with Crippen LogP contribution in [-0.4, -0.2) is 50.9 Å². The van der Waals surface area contributed by atoms with E-state index < -0.39 is 15.6 Å². The molecule has 1 N–H and O–H groups in total. The van der Waals surface area contributed by atoms with Gasteiger partial charge in [-0.05, 0) is 30.2 Å². The molecule has 0 saturated carbocycles. The maximum Gasteiger partial charge on any atom is 0.251 e. The van der Waals surface area contributed by atoms with Crippen molar-refractivity contribution in [3.8, 4) is 5.75 Å². The predicted octanol–water partition coefficient (Wildman–Crippen LogP) is 0.466. The number of rotatable bonds is 8. The number of hydrogen-bond donors (Lipinski definition) is 1. The van der Waals surface area contributed by atoms with Crippen LogP contribution in [0, 0.1) is 0 Å². The molecule has 1 heterocycles. The van der Waals surface area contributed by atoms with Gasteiger partial charge in [0, 0.05) is 32.9 Å². The molecule has 0 aliphatic rings. The number of nitrogens with one attached hydrogen (secondary N) is 1. The Hall–Kier alpha value is -2.65. The van der Waals surface area contributed by atoms with E-state index in [0.717, 1.165) is 26.3 Å². The summed E-state index contributed by atoms with van der Waals surface area (Å²) >= 11 is 0. The minimum atomic E-state index is -3.68. The van der Waals surface area contributed by atoms with Crippen molar-refractivity contribution in [2.45, 2.75) is 17.9 Å². The zero-order chi connectivity index (χ0) is 20.0.